The van der Waals surface area contributed by atoms with Crippen LogP contribution in [0.4, 0.5) is 13.2 Å². The maximum absolute atomic E-state index is 12.5. The van der Waals surface area contributed by atoms with Crippen LogP contribution in [0.5, 0.6) is 0 Å². The molecule has 0 N–H and O–H groups in total. The maximum atomic E-state index is 12.5. The second-order valence-corrected chi connectivity index (χ2v) is 4.01. The third-order valence-electron chi connectivity index (χ3n) is 2.32. The Morgan fingerprint density at radius 1 is 1.17 bits per heavy atom. The van der Waals surface area contributed by atoms with Crippen molar-refractivity contribution in [2.75, 3.05) is 0 Å². The first-order chi connectivity index (χ1) is 5.23. The lowest BCUT2D eigenvalue weighted by atomic mass is 9.79. The molecule has 0 rings (SSSR count). The van der Waals surface area contributed by atoms with Gasteiger partial charge in [-0.05, 0) is 18.8 Å². The summed E-state index contributed by atoms with van der Waals surface area (Å²) in [5.74, 6) is 0.0941. The van der Waals surface area contributed by atoms with Gasteiger partial charge in [0.15, 0.2) is 0 Å². The van der Waals surface area contributed by atoms with Crippen LogP contribution in [0.3, 0.4) is 0 Å². The summed E-state index contributed by atoms with van der Waals surface area (Å²) in [5.41, 5.74) is -1.50. The molecule has 0 aliphatic rings. The van der Waals surface area contributed by atoms with Crippen LogP contribution in [0.25, 0.3) is 0 Å². The first-order valence-electron chi connectivity index (χ1n) is 4.29. The second-order valence-electron chi connectivity index (χ2n) is 4.01. The van der Waals surface area contributed by atoms with Crippen LogP contribution in [0, 0.1) is 11.3 Å². The van der Waals surface area contributed by atoms with Crippen molar-refractivity contribution in [3.8, 4) is 0 Å². The molecule has 0 spiro atoms. The van der Waals surface area contributed by atoms with E-state index in [-0.39, 0.29) is 18.8 Å². The van der Waals surface area contributed by atoms with Crippen LogP contribution in [0.1, 0.15) is 40.5 Å². The average molecular weight is 182 g/mol. The number of alkyl halides is 3. The standard InChI is InChI=1S/C9H17F3/c1-5-8(4,6-7(2)3)9(10,11)12/h7H,5-6H2,1-4H3. The van der Waals surface area contributed by atoms with Crippen LogP contribution in [0.2, 0.25) is 0 Å². The minimum atomic E-state index is -4.06. The topological polar surface area (TPSA) is 0 Å². The Kier molecular flexibility index (Phi) is 3.60. The summed E-state index contributed by atoms with van der Waals surface area (Å²) in [6.45, 7) is 6.53. The summed E-state index contributed by atoms with van der Waals surface area (Å²) < 4.78 is 37.4. The van der Waals surface area contributed by atoms with E-state index in [0.717, 1.165) is 0 Å². The highest BCUT2D eigenvalue weighted by atomic mass is 19.4. The molecule has 0 heterocycles. The first-order valence-corrected chi connectivity index (χ1v) is 4.29. The molecule has 0 aliphatic carbocycles. The van der Waals surface area contributed by atoms with Gasteiger partial charge in [0.2, 0.25) is 0 Å². The molecule has 0 aromatic rings. The summed E-state index contributed by atoms with van der Waals surface area (Å²) in [4.78, 5) is 0. The molecule has 0 aliphatic heterocycles. The molecule has 0 bridgehead atoms. The van der Waals surface area contributed by atoms with Crippen LogP contribution >= 0.6 is 0 Å². The molecule has 0 amide bonds. The molecule has 0 saturated carbocycles. The van der Waals surface area contributed by atoms with Gasteiger partial charge in [0.25, 0.3) is 0 Å². The Hall–Kier alpha value is -0.210. The van der Waals surface area contributed by atoms with Crippen molar-refractivity contribution in [1.29, 1.82) is 0 Å². The summed E-state index contributed by atoms with van der Waals surface area (Å²) in [6.07, 6.45) is -3.69. The fraction of sp³-hybridized carbons (Fsp3) is 1.00. The van der Waals surface area contributed by atoms with E-state index in [1.165, 1.54) is 6.92 Å². The monoisotopic (exact) mass is 182 g/mol. The lowest BCUT2D eigenvalue weighted by molar-refractivity contribution is -0.224. The van der Waals surface area contributed by atoms with Crippen molar-refractivity contribution in [2.24, 2.45) is 11.3 Å². The molecule has 3 heteroatoms. The van der Waals surface area contributed by atoms with Crippen LogP contribution < -0.4 is 0 Å². The lowest BCUT2D eigenvalue weighted by Gasteiger charge is -2.32. The van der Waals surface area contributed by atoms with Crippen molar-refractivity contribution in [3.63, 3.8) is 0 Å². The van der Waals surface area contributed by atoms with Crippen molar-refractivity contribution in [3.05, 3.63) is 0 Å². The average Bonchev–Trinajstić information content (AvgIpc) is 1.83. The minimum Gasteiger partial charge on any atom is -0.171 e. The predicted molar refractivity (Wildman–Crippen MR) is 43.9 cm³/mol. The van der Waals surface area contributed by atoms with E-state index in [0.29, 0.717) is 0 Å². The first kappa shape index (κ1) is 11.8. The predicted octanol–water partition coefficient (Wildman–Crippen LogP) is 4.01. The zero-order chi connectivity index (χ0) is 9.99. The highest BCUT2D eigenvalue weighted by Crippen LogP contribution is 2.45. The van der Waals surface area contributed by atoms with Gasteiger partial charge in [-0.25, -0.2) is 0 Å². The molecule has 74 valence electrons. The van der Waals surface area contributed by atoms with E-state index < -0.39 is 11.6 Å². The summed E-state index contributed by atoms with van der Waals surface area (Å²) in [6, 6.07) is 0. The van der Waals surface area contributed by atoms with Gasteiger partial charge in [-0.15, -0.1) is 0 Å². The minimum absolute atomic E-state index is 0.0941. The Bertz CT molecular complexity index is 137. The van der Waals surface area contributed by atoms with Crippen molar-refractivity contribution in [2.45, 2.75) is 46.7 Å². The van der Waals surface area contributed by atoms with E-state index in [9.17, 15) is 13.2 Å². The van der Waals surface area contributed by atoms with Gasteiger partial charge in [0.1, 0.15) is 0 Å². The largest absolute Gasteiger partial charge is 0.394 e. The number of hydrogen-bond acceptors (Lipinski definition) is 0. The third-order valence-corrected chi connectivity index (χ3v) is 2.32. The molecule has 0 fully saturated rings. The second kappa shape index (κ2) is 3.67. The summed E-state index contributed by atoms with van der Waals surface area (Å²) in [5, 5.41) is 0. The summed E-state index contributed by atoms with van der Waals surface area (Å²) >= 11 is 0. The third kappa shape index (κ3) is 2.68. The maximum Gasteiger partial charge on any atom is 0.394 e. The van der Waals surface area contributed by atoms with Crippen molar-refractivity contribution >= 4 is 0 Å². The van der Waals surface area contributed by atoms with Gasteiger partial charge < -0.3 is 0 Å². The van der Waals surface area contributed by atoms with Crippen LogP contribution in [-0.4, -0.2) is 6.18 Å². The highest BCUT2D eigenvalue weighted by Gasteiger charge is 2.49. The normalized spacial score (nSPS) is 18.0. The smallest absolute Gasteiger partial charge is 0.171 e. The molecule has 0 radical (unpaired) electrons. The van der Waals surface area contributed by atoms with Crippen LogP contribution in [-0.2, 0) is 0 Å². The zero-order valence-electron chi connectivity index (χ0n) is 8.13. The molecule has 0 aromatic heterocycles. The van der Waals surface area contributed by atoms with Crippen molar-refractivity contribution < 1.29 is 13.2 Å². The van der Waals surface area contributed by atoms with E-state index in [2.05, 4.69) is 0 Å². The van der Waals surface area contributed by atoms with Gasteiger partial charge in [0, 0.05) is 0 Å². The lowest BCUT2D eigenvalue weighted by Crippen LogP contribution is -2.35. The summed E-state index contributed by atoms with van der Waals surface area (Å²) in [7, 11) is 0. The Balaban J connectivity index is 4.46. The van der Waals surface area contributed by atoms with Gasteiger partial charge in [-0.3, -0.25) is 0 Å². The van der Waals surface area contributed by atoms with E-state index in [4.69, 9.17) is 0 Å². The van der Waals surface area contributed by atoms with Gasteiger partial charge in [-0.1, -0.05) is 27.7 Å². The molecule has 0 nitrogen and oxygen atoms in total. The SMILES string of the molecule is CCC(C)(CC(C)C)C(F)(F)F. The quantitative estimate of drug-likeness (QED) is 0.618. The molecule has 0 saturated heterocycles. The Morgan fingerprint density at radius 2 is 1.58 bits per heavy atom. The molecule has 1 unspecified atom stereocenters. The van der Waals surface area contributed by atoms with Gasteiger partial charge in [-0.2, -0.15) is 13.2 Å². The van der Waals surface area contributed by atoms with Crippen molar-refractivity contribution in [1.82, 2.24) is 0 Å². The van der Waals surface area contributed by atoms with Crippen LogP contribution in [0.15, 0.2) is 0 Å². The number of rotatable bonds is 3. The molecular formula is C9H17F3. The van der Waals surface area contributed by atoms with E-state index in [1.54, 1.807) is 6.92 Å². The molecular weight excluding hydrogens is 165 g/mol. The van der Waals surface area contributed by atoms with E-state index >= 15 is 0 Å². The molecule has 0 aromatic carbocycles. The number of halogens is 3. The van der Waals surface area contributed by atoms with E-state index in [1.807, 2.05) is 13.8 Å². The fourth-order valence-electron chi connectivity index (χ4n) is 1.36. The highest BCUT2D eigenvalue weighted by molar-refractivity contribution is 4.81. The van der Waals surface area contributed by atoms with Gasteiger partial charge in [0.05, 0.1) is 5.41 Å². The zero-order valence-corrected chi connectivity index (χ0v) is 8.13. The fourth-order valence-corrected chi connectivity index (χ4v) is 1.36. The van der Waals surface area contributed by atoms with Gasteiger partial charge >= 0.3 is 6.18 Å². The molecule has 1 atom stereocenters. The number of hydrogen-bond donors (Lipinski definition) is 0. The molecule has 12 heavy (non-hydrogen) atoms. The Labute approximate surface area is 72.2 Å². The Morgan fingerprint density at radius 3 is 1.67 bits per heavy atom.